The molecule has 0 bridgehead atoms. The van der Waals surface area contributed by atoms with Gasteiger partial charge in [0.25, 0.3) is 0 Å². The summed E-state index contributed by atoms with van der Waals surface area (Å²) in [6, 6.07) is 30.1. The Balaban J connectivity index is 0.00000306. The molecule has 0 atom stereocenters. The van der Waals surface area contributed by atoms with E-state index in [1.54, 1.807) is 11.8 Å². The van der Waals surface area contributed by atoms with Gasteiger partial charge in [-0.05, 0) is 65.4 Å². The third-order valence-electron chi connectivity index (χ3n) is 5.94. The first kappa shape index (κ1) is 25.3. The van der Waals surface area contributed by atoms with Gasteiger partial charge < -0.3 is 15.9 Å². The molecule has 0 aromatic heterocycles. The van der Waals surface area contributed by atoms with Gasteiger partial charge in [-0.1, -0.05) is 84.1 Å². The van der Waals surface area contributed by atoms with Gasteiger partial charge in [-0.25, -0.2) is 0 Å². The van der Waals surface area contributed by atoms with Gasteiger partial charge in [0.1, 0.15) is 0 Å². The van der Waals surface area contributed by atoms with E-state index in [-0.39, 0.29) is 25.6 Å². The smallest absolute Gasteiger partial charge is 0.0633 e. The van der Waals surface area contributed by atoms with E-state index in [2.05, 4.69) is 91.9 Å². The van der Waals surface area contributed by atoms with Crippen LogP contribution >= 0.6 is 24.2 Å². The van der Waals surface area contributed by atoms with E-state index in [0.29, 0.717) is 12.8 Å². The largest absolute Gasteiger partial charge is 0.394 e. The Morgan fingerprint density at radius 1 is 0.788 bits per heavy atom. The van der Waals surface area contributed by atoms with E-state index >= 15 is 0 Å². The van der Waals surface area contributed by atoms with Crippen LogP contribution in [0.4, 0.5) is 0 Å². The summed E-state index contributed by atoms with van der Waals surface area (Å²) < 4.78 is 0. The Morgan fingerprint density at radius 2 is 1.42 bits per heavy atom. The van der Waals surface area contributed by atoms with Crippen molar-refractivity contribution in [2.24, 2.45) is 5.73 Å². The summed E-state index contributed by atoms with van der Waals surface area (Å²) in [6.07, 6.45) is 1.25. The van der Waals surface area contributed by atoms with Crippen molar-refractivity contribution in [3.05, 3.63) is 96.1 Å². The molecule has 0 saturated carbocycles. The van der Waals surface area contributed by atoms with Crippen molar-refractivity contribution in [3.63, 3.8) is 0 Å². The number of aryl methyl sites for hydroxylation is 2. The Hall–Kier alpha value is -2.34. The predicted octanol–water partition coefficient (Wildman–Crippen LogP) is 6.00. The summed E-state index contributed by atoms with van der Waals surface area (Å²) in [6.45, 7) is 1.66. The molecule has 0 aliphatic carbocycles. The lowest BCUT2D eigenvalue weighted by atomic mass is 9.92. The molecule has 0 amide bonds. The molecular formula is C28H30ClNO2S. The number of hydrogen-bond donors (Lipinski definition) is 3. The molecule has 5 heteroatoms. The summed E-state index contributed by atoms with van der Waals surface area (Å²) >= 11 is 1.79. The maximum atomic E-state index is 9.40. The minimum absolute atomic E-state index is 0. The van der Waals surface area contributed by atoms with Crippen molar-refractivity contribution >= 4 is 34.9 Å². The van der Waals surface area contributed by atoms with Crippen LogP contribution in [0, 0.1) is 6.92 Å². The van der Waals surface area contributed by atoms with Crippen LogP contribution in [0.25, 0.3) is 21.9 Å². The third kappa shape index (κ3) is 5.97. The second-order valence-electron chi connectivity index (χ2n) is 8.45. The van der Waals surface area contributed by atoms with E-state index in [1.807, 2.05) is 0 Å². The molecule has 4 aromatic rings. The first-order valence-electron chi connectivity index (χ1n) is 10.9. The van der Waals surface area contributed by atoms with Crippen molar-refractivity contribution in [2.45, 2.75) is 35.1 Å². The molecule has 0 spiro atoms. The Morgan fingerprint density at radius 3 is 2.09 bits per heavy atom. The van der Waals surface area contributed by atoms with Gasteiger partial charge in [0.05, 0.1) is 18.8 Å². The lowest BCUT2D eigenvalue weighted by molar-refractivity contribution is 0.115. The van der Waals surface area contributed by atoms with Gasteiger partial charge in [-0.3, -0.25) is 0 Å². The quantitative estimate of drug-likeness (QED) is 0.290. The number of rotatable bonds is 8. The molecule has 4 N–H and O–H groups in total. The normalized spacial score (nSPS) is 11.4. The zero-order valence-electron chi connectivity index (χ0n) is 18.7. The first-order valence-corrected chi connectivity index (χ1v) is 11.7. The van der Waals surface area contributed by atoms with Gasteiger partial charge in [0, 0.05) is 9.79 Å². The lowest BCUT2D eigenvalue weighted by Crippen LogP contribution is -2.47. The summed E-state index contributed by atoms with van der Waals surface area (Å²) in [5, 5.41) is 21.3. The summed E-state index contributed by atoms with van der Waals surface area (Å²) in [4.78, 5) is 2.48. The van der Waals surface area contributed by atoms with Crippen molar-refractivity contribution in [3.8, 4) is 11.1 Å². The minimum atomic E-state index is -0.931. The van der Waals surface area contributed by atoms with Crippen LogP contribution in [-0.2, 0) is 6.42 Å². The SMILES string of the molecule is Cc1ccc(Sc2cccc3c(-c4ccc(CCC(N)(CO)CO)cc4)cccc23)cc1.Cl. The van der Waals surface area contributed by atoms with Gasteiger partial charge in [-0.15, -0.1) is 12.4 Å². The van der Waals surface area contributed by atoms with Gasteiger partial charge in [0.15, 0.2) is 0 Å². The molecule has 0 heterocycles. The van der Waals surface area contributed by atoms with Crippen LogP contribution in [-0.4, -0.2) is 29.0 Å². The molecule has 0 aliphatic heterocycles. The Labute approximate surface area is 206 Å². The molecule has 0 unspecified atom stereocenters. The number of hydrogen-bond acceptors (Lipinski definition) is 4. The van der Waals surface area contributed by atoms with Crippen molar-refractivity contribution in [2.75, 3.05) is 13.2 Å². The lowest BCUT2D eigenvalue weighted by Gasteiger charge is -2.24. The highest BCUT2D eigenvalue weighted by Crippen LogP contribution is 2.37. The molecule has 172 valence electrons. The van der Waals surface area contributed by atoms with Crippen LogP contribution in [0.5, 0.6) is 0 Å². The van der Waals surface area contributed by atoms with Crippen molar-refractivity contribution < 1.29 is 10.2 Å². The highest BCUT2D eigenvalue weighted by Gasteiger charge is 2.22. The zero-order valence-corrected chi connectivity index (χ0v) is 20.3. The van der Waals surface area contributed by atoms with Crippen molar-refractivity contribution in [1.29, 1.82) is 0 Å². The highest BCUT2D eigenvalue weighted by molar-refractivity contribution is 7.99. The van der Waals surface area contributed by atoms with E-state index in [0.717, 1.165) is 5.56 Å². The number of aliphatic hydroxyl groups is 2. The number of benzene rings is 4. The molecule has 4 rings (SSSR count). The fraction of sp³-hybridized carbons (Fsp3) is 0.214. The first-order chi connectivity index (χ1) is 15.5. The minimum Gasteiger partial charge on any atom is -0.394 e. The maximum Gasteiger partial charge on any atom is 0.0633 e. The van der Waals surface area contributed by atoms with Crippen LogP contribution in [0.15, 0.2) is 94.7 Å². The molecule has 3 nitrogen and oxygen atoms in total. The van der Waals surface area contributed by atoms with Gasteiger partial charge in [-0.2, -0.15) is 0 Å². The fourth-order valence-electron chi connectivity index (χ4n) is 3.81. The summed E-state index contributed by atoms with van der Waals surface area (Å²) in [5.74, 6) is 0. The third-order valence-corrected chi connectivity index (χ3v) is 7.02. The van der Waals surface area contributed by atoms with Crippen LogP contribution in [0.1, 0.15) is 17.5 Å². The van der Waals surface area contributed by atoms with Crippen LogP contribution < -0.4 is 5.73 Å². The average Bonchev–Trinajstić information content (AvgIpc) is 2.84. The Kier molecular flexibility index (Phi) is 8.57. The summed E-state index contributed by atoms with van der Waals surface area (Å²) in [7, 11) is 0. The molecule has 0 fully saturated rings. The van der Waals surface area contributed by atoms with Gasteiger partial charge >= 0.3 is 0 Å². The van der Waals surface area contributed by atoms with E-state index in [1.165, 1.54) is 37.3 Å². The Bertz CT molecular complexity index is 1190. The molecule has 33 heavy (non-hydrogen) atoms. The van der Waals surface area contributed by atoms with E-state index in [9.17, 15) is 10.2 Å². The standard InChI is InChI=1S/C28H29NO2S.ClH/c1-20-8-14-23(15-9-20)32-27-7-3-5-25-24(4-2-6-26(25)27)22-12-10-21(11-13-22)16-17-28(29,18-30)19-31;/h2-15,30-31H,16-19,29H2,1H3;1H. The maximum absolute atomic E-state index is 9.40. The van der Waals surface area contributed by atoms with Crippen LogP contribution in [0.3, 0.4) is 0 Å². The second-order valence-corrected chi connectivity index (χ2v) is 9.56. The number of nitrogens with two attached hydrogens (primary N) is 1. The number of fused-ring (bicyclic) bond motifs is 1. The second kappa shape index (κ2) is 11.2. The predicted molar refractivity (Wildman–Crippen MR) is 141 cm³/mol. The van der Waals surface area contributed by atoms with Crippen molar-refractivity contribution in [1.82, 2.24) is 0 Å². The highest BCUT2D eigenvalue weighted by atomic mass is 35.5. The fourth-order valence-corrected chi connectivity index (χ4v) is 4.77. The number of aliphatic hydroxyl groups excluding tert-OH is 2. The molecule has 0 aliphatic rings. The van der Waals surface area contributed by atoms with Gasteiger partial charge in [0.2, 0.25) is 0 Å². The number of halogens is 1. The average molecular weight is 480 g/mol. The zero-order chi connectivity index (χ0) is 22.6. The van der Waals surface area contributed by atoms with E-state index in [4.69, 9.17) is 5.73 Å². The molecular weight excluding hydrogens is 450 g/mol. The molecule has 0 saturated heterocycles. The van der Waals surface area contributed by atoms with E-state index < -0.39 is 5.54 Å². The molecule has 4 aromatic carbocycles. The van der Waals surface area contributed by atoms with Crippen LogP contribution in [0.2, 0.25) is 0 Å². The summed E-state index contributed by atoms with van der Waals surface area (Å²) in [5.41, 5.74) is 9.85. The topological polar surface area (TPSA) is 66.5 Å². The molecule has 0 radical (unpaired) electrons. The monoisotopic (exact) mass is 479 g/mol.